The first-order valence-electron chi connectivity index (χ1n) is 17.8. The van der Waals surface area contributed by atoms with Crippen LogP contribution in [0.1, 0.15) is 6.42 Å². The molecule has 65 heavy (non-hydrogen) atoms. The van der Waals surface area contributed by atoms with Crippen molar-refractivity contribution in [3.05, 3.63) is 50.6 Å². The van der Waals surface area contributed by atoms with Crippen molar-refractivity contribution in [2.75, 3.05) is 73.0 Å². The zero-order chi connectivity index (χ0) is 49.2. The van der Waals surface area contributed by atoms with Crippen molar-refractivity contribution < 1.29 is 134 Å². The Labute approximate surface area is 366 Å². The number of rotatable bonds is 38. The lowest BCUT2D eigenvalue weighted by atomic mass is 10.0. The Morgan fingerprint density at radius 3 is 1.11 bits per heavy atom. The monoisotopic (exact) mass is 936 g/mol. The average molecular weight is 937 g/mol. The molecule has 0 saturated heterocycles. The van der Waals surface area contributed by atoms with Gasteiger partial charge in [0.1, 0.15) is 46.4 Å². The van der Waals surface area contributed by atoms with Gasteiger partial charge in [-0.05, 0) is 0 Å². The van der Waals surface area contributed by atoms with Crippen LogP contribution < -0.4 is 0 Å². The van der Waals surface area contributed by atoms with Crippen LogP contribution in [0.5, 0.6) is 0 Å². The summed E-state index contributed by atoms with van der Waals surface area (Å²) in [4.78, 5) is 142. The summed E-state index contributed by atoms with van der Waals surface area (Å²) in [5.41, 5.74) is -3.99. The van der Waals surface area contributed by atoms with E-state index in [1.54, 1.807) is 0 Å². The molecule has 0 aromatic rings. The second kappa shape index (κ2) is 33.1. The van der Waals surface area contributed by atoms with Crippen molar-refractivity contribution in [3.8, 4) is 0 Å². The average Bonchev–Trinajstić information content (AvgIpc) is 3.27. The molecule has 0 fully saturated rings. The van der Waals surface area contributed by atoms with Gasteiger partial charge in [-0.2, -0.15) is 0 Å². The van der Waals surface area contributed by atoms with Crippen molar-refractivity contribution in [2.45, 2.75) is 36.4 Å². The minimum absolute atomic E-state index is 0.0362. The van der Waals surface area contributed by atoms with Crippen LogP contribution in [-0.4, -0.2) is 186 Å². The summed E-state index contributed by atoms with van der Waals surface area (Å²) in [7, 11) is 0. The van der Waals surface area contributed by atoms with Crippen LogP contribution >= 0.6 is 0 Å². The van der Waals surface area contributed by atoms with Gasteiger partial charge in [0.25, 0.3) is 12.9 Å². The Bertz CT molecular complexity index is 1700. The Kier molecular flexibility index (Phi) is 29.2. The zero-order valence-corrected chi connectivity index (χ0v) is 34.1. The second-order valence-electron chi connectivity index (χ2n) is 11.5. The molecule has 0 saturated carbocycles. The van der Waals surface area contributed by atoms with E-state index in [9.17, 15) is 62.6 Å². The van der Waals surface area contributed by atoms with Gasteiger partial charge in [0, 0.05) is 24.3 Å². The Morgan fingerprint density at radius 2 is 0.815 bits per heavy atom. The summed E-state index contributed by atoms with van der Waals surface area (Å²) in [5, 5.41) is 18.8. The lowest BCUT2D eigenvalue weighted by molar-refractivity contribution is -0.210. The van der Waals surface area contributed by atoms with E-state index in [1.807, 2.05) is 0 Å². The molecular weight excluding hydrogens is 892 g/mol. The fourth-order valence-corrected chi connectivity index (χ4v) is 3.86. The minimum Gasteiger partial charge on any atom is -0.481 e. The molecule has 0 amide bonds. The maximum absolute atomic E-state index is 13.5. The molecule has 5 atom stereocenters. The van der Waals surface area contributed by atoms with Gasteiger partial charge in [-0.3, -0.25) is 19.2 Å². The fourth-order valence-electron chi connectivity index (χ4n) is 3.86. The Balaban J connectivity index is 6.08. The summed E-state index contributed by atoms with van der Waals surface area (Å²) >= 11 is 0. The fraction of sp³-hybridized carbons (Fsp3) is 0.459. The van der Waals surface area contributed by atoms with Gasteiger partial charge < -0.3 is 76.5 Å². The van der Waals surface area contributed by atoms with Gasteiger partial charge >= 0.3 is 65.3 Å². The van der Waals surface area contributed by atoms with Crippen molar-refractivity contribution in [1.29, 1.82) is 0 Å². The number of carboxylic acid groups (broad SMARTS) is 2. The largest absolute Gasteiger partial charge is 0.481 e. The SMILES string of the molecule is C=CC(=O)OCC(COCOCC(COC(=O)C=C)OC(=O)C(OC=O)(C(=O)O)C(=O)OC(COCOCC(COC(=O)C=C)OC(=O)CC(=O)O)COC(=O)C=C)OC(=O)COC=O. The number of hydrogen-bond acceptors (Lipinski definition) is 26. The Morgan fingerprint density at radius 1 is 0.477 bits per heavy atom. The van der Waals surface area contributed by atoms with E-state index in [2.05, 4.69) is 35.8 Å². The highest BCUT2D eigenvalue weighted by Gasteiger charge is 2.61. The molecule has 0 aliphatic rings. The molecule has 360 valence electrons. The first-order valence-corrected chi connectivity index (χ1v) is 17.8. The van der Waals surface area contributed by atoms with E-state index in [4.69, 9.17) is 61.9 Å². The molecule has 28 nitrogen and oxygen atoms in total. The van der Waals surface area contributed by atoms with E-state index < -0.39 is 176 Å². The maximum atomic E-state index is 13.5. The summed E-state index contributed by atoms with van der Waals surface area (Å²) < 4.78 is 68.6. The van der Waals surface area contributed by atoms with Crippen molar-refractivity contribution >= 4 is 72.6 Å². The molecule has 0 bridgehead atoms. The van der Waals surface area contributed by atoms with Crippen molar-refractivity contribution in [1.82, 2.24) is 0 Å². The number of carbonyl (C=O) groups is 12. The Hall–Kier alpha value is -7.56. The van der Waals surface area contributed by atoms with Gasteiger partial charge in [-0.25, -0.2) is 38.4 Å². The highest BCUT2D eigenvalue weighted by molar-refractivity contribution is 6.22. The van der Waals surface area contributed by atoms with Crippen molar-refractivity contribution in [3.63, 3.8) is 0 Å². The van der Waals surface area contributed by atoms with Gasteiger partial charge in [-0.15, -0.1) is 0 Å². The first kappa shape index (κ1) is 57.4. The van der Waals surface area contributed by atoms with Gasteiger partial charge in [0.05, 0.1) is 26.4 Å². The van der Waals surface area contributed by atoms with Crippen LogP contribution in [0.4, 0.5) is 0 Å². The highest BCUT2D eigenvalue weighted by Crippen LogP contribution is 2.20. The van der Waals surface area contributed by atoms with Crippen LogP contribution in [0.15, 0.2) is 50.6 Å². The van der Waals surface area contributed by atoms with E-state index in [0.29, 0.717) is 12.2 Å². The third-order valence-electron chi connectivity index (χ3n) is 6.67. The number of esters is 8. The number of hydrogen-bond donors (Lipinski definition) is 2. The summed E-state index contributed by atoms with van der Waals surface area (Å²) in [5.74, 6) is -14.8. The van der Waals surface area contributed by atoms with Gasteiger partial charge in [0.2, 0.25) is 0 Å². The third kappa shape index (κ3) is 24.6. The van der Waals surface area contributed by atoms with Crippen LogP contribution in [0, 0.1) is 0 Å². The topological polar surface area (TPSA) is 375 Å². The molecule has 28 heteroatoms. The molecule has 0 rings (SSSR count). The summed E-state index contributed by atoms with van der Waals surface area (Å²) in [6.07, 6.45) is -4.51. The number of aliphatic carboxylic acids is 2. The normalized spacial score (nSPS) is 13.0. The molecule has 0 aliphatic heterocycles. The van der Waals surface area contributed by atoms with Crippen LogP contribution in [-0.2, 0) is 124 Å². The van der Waals surface area contributed by atoms with Crippen LogP contribution in [0.3, 0.4) is 0 Å². The molecule has 0 spiro atoms. The van der Waals surface area contributed by atoms with Crippen LogP contribution in [0.25, 0.3) is 0 Å². The highest BCUT2D eigenvalue weighted by atomic mass is 16.7. The number of carbonyl (C=O) groups excluding carboxylic acids is 10. The molecule has 0 radical (unpaired) electrons. The predicted octanol–water partition coefficient (Wildman–Crippen LogP) is -2.82. The number of ether oxygens (including phenoxy) is 14. The van der Waals surface area contributed by atoms with E-state index in [0.717, 1.165) is 12.2 Å². The smallest absolute Gasteiger partial charge is 0.400 e. The minimum atomic E-state index is -3.99. The van der Waals surface area contributed by atoms with Gasteiger partial charge in [-0.1, -0.05) is 26.3 Å². The third-order valence-corrected chi connectivity index (χ3v) is 6.67. The molecule has 0 heterocycles. The lowest BCUT2D eigenvalue weighted by Crippen LogP contribution is -2.59. The molecule has 0 aromatic carbocycles. The van der Waals surface area contributed by atoms with E-state index >= 15 is 0 Å². The van der Waals surface area contributed by atoms with E-state index in [-0.39, 0.29) is 6.47 Å². The molecule has 0 aliphatic carbocycles. The maximum Gasteiger partial charge on any atom is 0.400 e. The second-order valence-corrected chi connectivity index (χ2v) is 11.5. The zero-order valence-electron chi connectivity index (χ0n) is 34.1. The predicted molar refractivity (Wildman–Crippen MR) is 199 cm³/mol. The summed E-state index contributed by atoms with van der Waals surface area (Å²) in [6, 6.07) is 0. The quantitative estimate of drug-likeness (QED) is 0.0120. The first-order chi connectivity index (χ1) is 30.9. The van der Waals surface area contributed by atoms with Gasteiger partial charge in [0.15, 0.2) is 31.0 Å². The summed E-state index contributed by atoms with van der Waals surface area (Å²) in [6.45, 7) is 3.77. The van der Waals surface area contributed by atoms with Crippen LogP contribution in [0.2, 0.25) is 0 Å². The van der Waals surface area contributed by atoms with E-state index in [1.165, 1.54) is 0 Å². The van der Waals surface area contributed by atoms with Crippen molar-refractivity contribution in [2.24, 2.45) is 0 Å². The molecule has 5 unspecified atom stereocenters. The lowest BCUT2D eigenvalue weighted by Gasteiger charge is -2.28. The molecule has 0 aromatic heterocycles. The molecule has 2 N–H and O–H groups in total. The number of carboxylic acids is 2. The standard InChI is InChI=1S/C37H44O28/c1-5-28(42)57-14-23(62-32(46)9-27(40)41)10-53-21-55-12-25(16-59-30(44)7-3)64-35(50)37(34(48)49,61-20-39)36(51)65-26(17-60-31(45)8-4)13-56-22-54-11-24(15-58-29(43)6-2)63-33(47)18-52-19-38/h5-8,19-20,23-26H,1-4,9-18,21-22H2,(H,40,41)(H,48,49). The molecular formula is C37H44O28.